The molecular formula is C14H14N4S. The summed E-state index contributed by atoms with van der Waals surface area (Å²) in [4.78, 5) is 6.66. The lowest BCUT2D eigenvalue weighted by atomic mass is 9.98. The number of thiazole rings is 1. The van der Waals surface area contributed by atoms with E-state index < -0.39 is 0 Å². The molecule has 0 saturated heterocycles. The third-order valence-electron chi connectivity index (χ3n) is 3.61. The van der Waals surface area contributed by atoms with Gasteiger partial charge in [0.1, 0.15) is 6.33 Å². The Morgan fingerprint density at radius 1 is 1.42 bits per heavy atom. The molecule has 2 aromatic heterocycles. The molecule has 96 valence electrons. The molecule has 0 radical (unpaired) electrons. The summed E-state index contributed by atoms with van der Waals surface area (Å²) in [5.41, 5.74) is 3.93. The highest BCUT2D eigenvalue weighted by Crippen LogP contribution is 2.34. The Hall–Kier alpha value is -1.72. The molecule has 4 rings (SSSR count). The van der Waals surface area contributed by atoms with Crippen LogP contribution in [-0.4, -0.2) is 21.1 Å². The van der Waals surface area contributed by atoms with Gasteiger partial charge >= 0.3 is 0 Å². The van der Waals surface area contributed by atoms with E-state index in [0.29, 0.717) is 0 Å². The molecule has 0 amide bonds. The number of nitrogens with zero attached hydrogens (tertiary/aromatic N) is 3. The number of fused-ring (bicyclic) bond motifs is 3. The average molecular weight is 270 g/mol. The minimum Gasteiger partial charge on any atom is -0.305 e. The smallest absolute Gasteiger partial charge is 0.212 e. The van der Waals surface area contributed by atoms with Crippen molar-refractivity contribution in [2.24, 2.45) is 0 Å². The quantitative estimate of drug-likeness (QED) is 0.738. The van der Waals surface area contributed by atoms with Crippen LogP contribution in [0.15, 0.2) is 30.6 Å². The van der Waals surface area contributed by atoms with Crippen LogP contribution >= 0.6 is 11.3 Å². The molecule has 1 N–H and O–H groups in total. The van der Waals surface area contributed by atoms with Gasteiger partial charge in [0.2, 0.25) is 4.96 Å². The van der Waals surface area contributed by atoms with Crippen molar-refractivity contribution >= 4 is 16.3 Å². The van der Waals surface area contributed by atoms with Gasteiger partial charge in [0, 0.05) is 13.0 Å². The molecule has 0 bridgehead atoms. The first-order valence-electron chi connectivity index (χ1n) is 6.44. The van der Waals surface area contributed by atoms with Crippen LogP contribution in [0.2, 0.25) is 0 Å². The Labute approximate surface area is 115 Å². The highest BCUT2D eigenvalue weighted by Gasteiger charge is 2.26. The second kappa shape index (κ2) is 4.15. The van der Waals surface area contributed by atoms with Gasteiger partial charge in [-0.25, -0.2) is 9.50 Å². The minimum absolute atomic E-state index is 0.275. The molecule has 0 fully saturated rings. The Balaban J connectivity index is 1.88. The molecule has 1 aromatic carbocycles. The third kappa shape index (κ3) is 1.69. The second-order valence-corrected chi connectivity index (χ2v) is 5.93. The molecule has 1 atom stereocenters. The molecule has 0 spiro atoms. The van der Waals surface area contributed by atoms with Crippen molar-refractivity contribution in [3.8, 4) is 0 Å². The molecular weight excluding hydrogens is 256 g/mol. The molecule has 1 unspecified atom stereocenters. The molecule has 1 aliphatic rings. The van der Waals surface area contributed by atoms with Gasteiger partial charge < -0.3 is 5.32 Å². The maximum Gasteiger partial charge on any atom is 0.212 e. The van der Waals surface area contributed by atoms with Crippen LogP contribution in [0, 0.1) is 6.92 Å². The molecule has 5 heteroatoms. The first kappa shape index (κ1) is 11.1. The standard InChI is InChI=1S/C14H14N4S/c1-9-3-2-4-10(7-9)12-13-11(5-6-15-12)18-14(19-13)16-8-17-18/h2-4,7-8,12,15H,5-6H2,1H3. The number of aryl methyl sites for hydroxylation is 1. The predicted octanol–water partition coefficient (Wildman–Crippen LogP) is 2.33. The maximum atomic E-state index is 4.33. The summed E-state index contributed by atoms with van der Waals surface area (Å²) < 4.78 is 1.99. The van der Waals surface area contributed by atoms with Crippen molar-refractivity contribution in [2.75, 3.05) is 6.54 Å². The fraction of sp³-hybridized carbons (Fsp3) is 0.286. The van der Waals surface area contributed by atoms with E-state index in [-0.39, 0.29) is 6.04 Å². The zero-order valence-corrected chi connectivity index (χ0v) is 11.4. The summed E-state index contributed by atoms with van der Waals surface area (Å²) in [6.07, 6.45) is 2.65. The van der Waals surface area contributed by atoms with E-state index in [4.69, 9.17) is 0 Å². The Morgan fingerprint density at radius 3 is 3.26 bits per heavy atom. The number of benzene rings is 1. The number of hydrogen-bond acceptors (Lipinski definition) is 4. The van der Waals surface area contributed by atoms with Gasteiger partial charge in [-0.05, 0) is 12.5 Å². The van der Waals surface area contributed by atoms with Crippen LogP contribution in [0.3, 0.4) is 0 Å². The average Bonchev–Trinajstić information content (AvgIpc) is 2.98. The predicted molar refractivity (Wildman–Crippen MR) is 75.6 cm³/mol. The minimum atomic E-state index is 0.275. The molecule has 0 saturated carbocycles. The van der Waals surface area contributed by atoms with Gasteiger partial charge in [0.25, 0.3) is 0 Å². The van der Waals surface area contributed by atoms with Gasteiger partial charge in [-0.2, -0.15) is 5.10 Å². The fourth-order valence-corrected chi connectivity index (χ4v) is 3.93. The van der Waals surface area contributed by atoms with E-state index in [1.54, 1.807) is 17.7 Å². The lowest BCUT2D eigenvalue weighted by Gasteiger charge is -2.24. The van der Waals surface area contributed by atoms with Gasteiger partial charge in [-0.1, -0.05) is 41.2 Å². The van der Waals surface area contributed by atoms with Crippen molar-refractivity contribution < 1.29 is 0 Å². The summed E-state index contributed by atoms with van der Waals surface area (Å²) in [7, 11) is 0. The van der Waals surface area contributed by atoms with Crippen molar-refractivity contribution in [3.63, 3.8) is 0 Å². The summed E-state index contributed by atoms with van der Waals surface area (Å²) in [6, 6.07) is 8.98. The summed E-state index contributed by atoms with van der Waals surface area (Å²) in [5, 5.41) is 7.94. The first-order chi connectivity index (χ1) is 9.33. The molecule has 1 aliphatic heterocycles. The first-order valence-corrected chi connectivity index (χ1v) is 7.26. The summed E-state index contributed by atoms with van der Waals surface area (Å²) in [5.74, 6) is 0. The topological polar surface area (TPSA) is 42.2 Å². The van der Waals surface area contributed by atoms with Gasteiger partial charge in [0.15, 0.2) is 0 Å². The highest BCUT2D eigenvalue weighted by atomic mass is 32.1. The summed E-state index contributed by atoms with van der Waals surface area (Å²) >= 11 is 1.74. The van der Waals surface area contributed by atoms with Crippen LogP contribution in [0.1, 0.15) is 27.7 Å². The Kier molecular flexibility index (Phi) is 2.43. The van der Waals surface area contributed by atoms with Crippen molar-refractivity contribution in [3.05, 3.63) is 52.3 Å². The molecule has 4 nitrogen and oxygen atoms in total. The van der Waals surface area contributed by atoms with Crippen LogP contribution in [0.4, 0.5) is 0 Å². The van der Waals surface area contributed by atoms with E-state index in [2.05, 4.69) is 46.6 Å². The zero-order valence-electron chi connectivity index (χ0n) is 10.6. The van der Waals surface area contributed by atoms with Crippen LogP contribution in [0.5, 0.6) is 0 Å². The van der Waals surface area contributed by atoms with Gasteiger partial charge in [-0.3, -0.25) is 0 Å². The van der Waals surface area contributed by atoms with Gasteiger partial charge in [0.05, 0.1) is 16.6 Å². The Morgan fingerprint density at radius 2 is 2.37 bits per heavy atom. The maximum absolute atomic E-state index is 4.33. The van der Waals surface area contributed by atoms with E-state index in [1.165, 1.54) is 21.7 Å². The number of nitrogens with one attached hydrogen (secondary N) is 1. The van der Waals surface area contributed by atoms with Crippen LogP contribution in [-0.2, 0) is 6.42 Å². The van der Waals surface area contributed by atoms with E-state index >= 15 is 0 Å². The van der Waals surface area contributed by atoms with Crippen molar-refractivity contribution in [2.45, 2.75) is 19.4 Å². The van der Waals surface area contributed by atoms with Crippen LogP contribution < -0.4 is 5.32 Å². The highest BCUT2D eigenvalue weighted by molar-refractivity contribution is 7.17. The van der Waals surface area contributed by atoms with E-state index in [0.717, 1.165) is 17.9 Å². The van der Waals surface area contributed by atoms with Crippen molar-refractivity contribution in [1.82, 2.24) is 19.9 Å². The monoisotopic (exact) mass is 270 g/mol. The lowest BCUT2D eigenvalue weighted by Crippen LogP contribution is -2.30. The van der Waals surface area contributed by atoms with Gasteiger partial charge in [-0.15, -0.1) is 0 Å². The van der Waals surface area contributed by atoms with E-state index in [9.17, 15) is 0 Å². The molecule has 19 heavy (non-hydrogen) atoms. The number of aromatic nitrogens is 3. The van der Waals surface area contributed by atoms with E-state index in [1.807, 2.05) is 4.52 Å². The molecule has 3 heterocycles. The molecule has 3 aromatic rings. The van der Waals surface area contributed by atoms with Crippen LogP contribution in [0.25, 0.3) is 4.96 Å². The normalized spacial score (nSPS) is 18.7. The SMILES string of the molecule is Cc1cccc(C2NCCc3c2sc2ncnn32)c1. The molecule has 0 aliphatic carbocycles. The lowest BCUT2D eigenvalue weighted by molar-refractivity contribution is 0.561. The number of hydrogen-bond donors (Lipinski definition) is 1. The van der Waals surface area contributed by atoms with Crippen molar-refractivity contribution in [1.29, 1.82) is 0 Å². The second-order valence-electron chi connectivity index (χ2n) is 4.92. The fourth-order valence-electron chi connectivity index (χ4n) is 2.75. The zero-order chi connectivity index (χ0) is 12.8. The number of rotatable bonds is 1. The Bertz CT molecular complexity index is 743. The summed E-state index contributed by atoms with van der Waals surface area (Å²) in [6.45, 7) is 3.12. The largest absolute Gasteiger partial charge is 0.305 e. The third-order valence-corrected chi connectivity index (χ3v) is 4.76.